The molecule has 1 atom stereocenters. The van der Waals surface area contributed by atoms with Crippen molar-refractivity contribution < 1.29 is 8.42 Å². The minimum atomic E-state index is -3.43. The van der Waals surface area contributed by atoms with Gasteiger partial charge in [-0.15, -0.1) is 0 Å². The molecular weight excluding hydrogens is 304 g/mol. The number of hydrogen-bond acceptors (Lipinski definition) is 3. The van der Waals surface area contributed by atoms with Gasteiger partial charge in [-0.05, 0) is 29.9 Å². The van der Waals surface area contributed by atoms with Crippen LogP contribution in [-0.2, 0) is 10.0 Å². The normalized spacial score (nSPS) is 20.6. The summed E-state index contributed by atoms with van der Waals surface area (Å²) in [5, 5.41) is 0. The van der Waals surface area contributed by atoms with Gasteiger partial charge in [0, 0.05) is 18.7 Å². The molecule has 1 fully saturated rings. The highest BCUT2D eigenvalue weighted by Crippen LogP contribution is 2.35. The maximum absolute atomic E-state index is 12.6. The molecule has 6 heteroatoms. The summed E-state index contributed by atoms with van der Waals surface area (Å²) in [5.74, 6) is 0.392. The lowest BCUT2D eigenvalue weighted by Gasteiger charge is -2.26. The lowest BCUT2D eigenvalue weighted by atomic mass is 9.80. The van der Waals surface area contributed by atoms with Crippen molar-refractivity contribution in [3.05, 3.63) is 29.8 Å². The number of rotatable bonds is 3. The lowest BCUT2D eigenvalue weighted by Crippen LogP contribution is -2.31. The quantitative estimate of drug-likeness (QED) is 0.866. The van der Waals surface area contributed by atoms with Gasteiger partial charge < -0.3 is 5.73 Å². The smallest absolute Gasteiger partial charge is 0.243 e. The molecule has 0 amide bonds. The maximum Gasteiger partial charge on any atom is 0.243 e. The molecule has 1 heterocycles. The van der Waals surface area contributed by atoms with E-state index < -0.39 is 10.0 Å². The Balaban J connectivity index is 2.21. The summed E-state index contributed by atoms with van der Waals surface area (Å²) in [6, 6.07) is 6.47. The summed E-state index contributed by atoms with van der Waals surface area (Å²) >= 11 is 4.88. The van der Waals surface area contributed by atoms with Crippen LogP contribution < -0.4 is 5.73 Å². The molecule has 0 saturated carbocycles. The van der Waals surface area contributed by atoms with Crippen LogP contribution >= 0.6 is 12.2 Å². The van der Waals surface area contributed by atoms with Crippen molar-refractivity contribution in [1.29, 1.82) is 0 Å². The first-order valence-electron chi connectivity index (χ1n) is 7.02. The second-order valence-electron chi connectivity index (χ2n) is 6.60. The van der Waals surface area contributed by atoms with Crippen LogP contribution in [0.2, 0.25) is 0 Å². The molecule has 21 heavy (non-hydrogen) atoms. The van der Waals surface area contributed by atoms with Gasteiger partial charge in [0.2, 0.25) is 10.0 Å². The third-order valence-electron chi connectivity index (χ3n) is 4.15. The highest BCUT2D eigenvalue weighted by Gasteiger charge is 2.37. The van der Waals surface area contributed by atoms with E-state index in [1.54, 1.807) is 28.6 Å². The summed E-state index contributed by atoms with van der Waals surface area (Å²) in [7, 11) is -3.43. The van der Waals surface area contributed by atoms with Crippen LogP contribution in [0.1, 0.15) is 32.8 Å². The van der Waals surface area contributed by atoms with Gasteiger partial charge in [-0.25, -0.2) is 8.42 Å². The van der Waals surface area contributed by atoms with Crippen molar-refractivity contribution in [3.8, 4) is 0 Å². The van der Waals surface area contributed by atoms with Crippen molar-refractivity contribution in [2.24, 2.45) is 17.1 Å². The van der Waals surface area contributed by atoms with E-state index in [2.05, 4.69) is 20.8 Å². The molecule has 1 aromatic rings. The number of nitrogens with two attached hydrogens (primary N) is 1. The zero-order chi connectivity index (χ0) is 15.8. The van der Waals surface area contributed by atoms with E-state index >= 15 is 0 Å². The Kier molecular flexibility index (Phi) is 4.42. The molecule has 116 valence electrons. The van der Waals surface area contributed by atoms with E-state index in [4.69, 9.17) is 18.0 Å². The molecule has 0 spiro atoms. The Hall–Kier alpha value is -0.980. The van der Waals surface area contributed by atoms with Crippen LogP contribution in [0.3, 0.4) is 0 Å². The van der Waals surface area contributed by atoms with Crippen molar-refractivity contribution in [3.63, 3.8) is 0 Å². The molecule has 0 aromatic heterocycles. The zero-order valence-corrected chi connectivity index (χ0v) is 14.3. The fourth-order valence-electron chi connectivity index (χ4n) is 2.59. The second kappa shape index (κ2) is 5.66. The summed E-state index contributed by atoms with van der Waals surface area (Å²) in [5.41, 5.74) is 6.34. The Bertz CT molecular complexity index is 631. The van der Waals surface area contributed by atoms with Gasteiger partial charge in [0.05, 0.1) is 4.90 Å². The van der Waals surface area contributed by atoms with E-state index in [1.807, 2.05) is 0 Å². The third kappa shape index (κ3) is 3.44. The Morgan fingerprint density at radius 2 is 1.86 bits per heavy atom. The number of sulfonamides is 1. The van der Waals surface area contributed by atoms with Crippen LogP contribution in [0.15, 0.2) is 29.2 Å². The van der Waals surface area contributed by atoms with E-state index in [-0.39, 0.29) is 10.4 Å². The summed E-state index contributed by atoms with van der Waals surface area (Å²) in [6.07, 6.45) is 0.910. The van der Waals surface area contributed by atoms with E-state index in [0.29, 0.717) is 29.5 Å². The van der Waals surface area contributed by atoms with E-state index in [9.17, 15) is 8.42 Å². The van der Waals surface area contributed by atoms with Crippen LogP contribution in [-0.4, -0.2) is 30.8 Å². The van der Waals surface area contributed by atoms with Crippen molar-refractivity contribution >= 4 is 27.2 Å². The first kappa shape index (κ1) is 16.4. The molecule has 1 unspecified atom stereocenters. The van der Waals surface area contributed by atoms with E-state index in [0.717, 1.165) is 6.42 Å². The summed E-state index contributed by atoms with van der Waals surface area (Å²) in [4.78, 5) is 0.574. The van der Waals surface area contributed by atoms with Gasteiger partial charge in [0.25, 0.3) is 0 Å². The van der Waals surface area contributed by atoms with Gasteiger partial charge in [0.15, 0.2) is 0 Å². The average Bonchev–Trinajstić information content (AvgIpc) is 2.89. The van der Waals surface area contributed by atoms with E-state index in [1.165, 1.54) is 0 Å². The zero-order valence-electron chi connectivity index (χ0n) is 12.7. The molecular formula is C15H22N2O2S2. The molecule has 1 aromatic carbocycles. The molecule has 2 rings (SSSR count). The fourth-order valence-corrected chi connectivity index (χ4v) is 4.23. The molecule has 0 radical (unpaired) electrons. The molecule has 0 aliphatic carbocycles. The molecule has 4 nitrogen and oxygen atoms in total. The molecule has 1 saturated heterocycles. The van der Waals surface area contributed by atoms with Crippen LogP contribution in [0.5, 0.6) is 0 Å². The Labute approximate surface area is 132 Å². The van der Waals surface area contributed by atoms with Gasteiger partial charge in [0.1, 0.15) is 4.99 Å². The highest BCUT2D eigenvalue weighted by atomic mass is 32.2. The van der Waals surface area contributed by atoms with Gasteiger partial charge >= 0.3 is 0 Å². The number of hydrogen-bond donors (Lipinski definition) is 1. The molecule has 1 aliphatic heterocycles. The summed E-state index contributed by atoms with van der Waals surface area (Å²) < 4.78 is 26.9. The molecule has 1 aliphatic rings. The minimum absolute atomic E-state index is 0.125. The SMILES string of the molecule is CC(C)(C)C1CCN(S(=O)(=O)c2ccc(C(N)=S)cc2)C1. The van der Waals surface area contributed by atoms with Crippen molar-refractivity contribution in [2.45, 2.75) is 32.1 Å². The largest absolute Gasteiger partial charge is 0.389 e. The lowest BCUT2D eigenvalue weighted by molar-refractivity contribution is 0.252. The number of benzene rings is 1. The first-order valence-corrected chi connectivity index (χ1v) is 8.87. The monoisotopic (exact) mass is 326 g/mol. The summed E-state index contributed by atoms with van der Waals surface area (Å²) in [6.45, 7) is 7.64. The van der Waals surface area contributed by atoms with Crippen molar-refractivity contribution in [2.75, 3.05) is 13.1 Å². The standard InChI is InChI=1S/C15H22N2O2S2/c1-15(2,3)12-8-9-17(10-12)21(18,19)13-6-4-11(5-7-13)14(16)20/h4-7,12H,8-10H2,1-3H3,(H2,16,20). The number of thiocarbonyl (C=S) groups is 1. The highest BCUT2D eigenvalue weighted by molar-refractivity contribution is 7.89. The van der Waals surface area contributed by atoms with Crippen LogP contribution in [0.25, 0.3) is 0 Å². The van der Waals surface area contributed by atoms with Crippen LogP contribution in [0, 0.1) is 11.3 Å². The van der Waals surface area contributed by atoms with Crippen LogP contribution in [0.4, 0.5) is 0 Å². The predicted octanol–water partition coefficient (Wildman–Crippen LogP) is 2.38. The van der Waals surface area contributed by atoms with Gasteiger partial charge in [-0.2, -0.15) is 4.31 Å². The van der Waals surface area contributed by atoms with Gasteiger partial charge in [-0.1, -0.05) is 45.1 Å². The topological polar surface area (TPSA) is 63.4 Å². The number of nitrogens with zero attached hydrogens (tertiary/aromatic N) is 1. The predicted molar refractivity (Wildman–Crippen MR) is 88.7 cm³/mol. The first-order chi connectivity index (χ1) is 9.62. The molecule has 0 bridgehead atoms. The Morgan fingerprint density at radius 3 is 2.29 bits per heavy atom. The second-order valence-corrected chi connectivity index (χ2v) is 8.98. The average molecular weight is 326 g/mol. The maximum atomic E-state index is 12.6. The Morgan fingerprint density at radius 1 is 1.29 bits per heavy atom. The van der Waals surface area contributed by atoms with Gasteiger partial charge in [-0.3, -0.25) is 0 Å². The molecule has 2 N–H and O–H groups in total. The fraction of sp³-hybridized carbons (Fsp3) is 0.533. The third-order valence-corrected chi connectivity index (χ3v) is 6.27. The van der Waals surface area contributed by atoms with Crippen molar-refractivity contribution in [1.82, 2.24) is 4.31 Å². The minimum Gasteiger partial charge on any atom is -0.389 e.